The second-order valence-electron chi connectivity index (χ2n) is 3.19. The number of aromatic nitrogens is 1. The Bertz CT molecular complexity index is 376. The maximum Gasteiger partial charge on any atom is 0.251 e. The molecule has 2 nitrogen and oxygen atoms in total. The predicted molar refractivity (Wildman–Crippen MR) is 48.2 cm³/mol. The molecule has 0 spiro atoms. The van der Waals surface area contributed by atoms with Crippen LogP contribution in [0, 0.1) is 0 Å². The lowest BCUT2D eigenvalue weighted by Crippen LogP contribution is -2.26. The molecule has 2 rings (SSSR count). The molecule has 2 heteroatoms. The normalized spacial score (nSPS) is 15.8. The van der Waals surface area contributed by atoms with Gasteiger partial charge in [0.2, 0.25) is 0 Å². The molecule has 1 aliphatic heterocycles. The fourth-order valence-corrected chi connectivity index (χ4v) is 1.57. The van der Waals surface area contributed by atoms with Crippen molar-refractivity contribution in [2.24, 2.45) is 0 Å². The van der Waals surface area contributed by atoms with E-state index in [4.69, 9.17) is 0 Å². The van der Waals surface area contributed by atoms with E-state index >= 15 is 0 Å². The summed E-state index contributed by atoms with van der Waals surface area (Å²) in [6, 6.07) is 5.43. The Morgan fingerprint density at radius 2 is 2.17 bits per heavy atom. The van der Waals surface area contributed by atoms with E-state index in [1.807, 2.05) is 12.1 Å². The minimum Gasteiger partial charge on any atom is -0.309 e. The van der Waals surface area contributed by atoms with Crippen molar-refractivity contribution in [3.8, 4) is 0 Å². The first-order valence-electron chi connectivity index (χ1n) is 4.13. The quantitative estimate of drug-likeness (QED) is 0.526. The standard InChI is InChI=1S/C10H11NO/c1-8-5-6-9-3-2-4-10(12)11(9)7-8/h2-4H,1,5-7H2. The van der Waals surface area contributed by atoms with Crippen molar-refractivity contribution < 1.29 is 0 Å². The highest BCUT2D eigenvalue weighted by atomic mass is 16.1. The van der Waals surface area contributed by atoms with E-state index in [9.17, 15) is 4.79 Å². The first-order chi connectivity index (χ1) is 5.77. The van der Waals surface area contributed by atoms with Gasteiger partial charge in [0, 0.05) is 18.3 Å². The zero-order chi connectivity index (χ0) is 8.55. The van der Waals surface area contributed by atoms with Crippen molar-refractivity contribution in [1.82, 2.24) is 4.57 Å². The molecular weight excluding hydrogens is 150 g/mol. The third kappa shape index (κ3) is 1.09. The molecule has 0 amide bonds. The van der Waals surface area contributed by atoms with Gasteiger partial charge < -0.3 is 4.57 Å². The number of hydrogen-bond donors (Lipinski definition) is 0. The van der Waals surface area contributed by atoms with Gasteiger partial charge in [-0.1, -0.05) is 18.2 Å². The molecule has 12 heavy (non-hydrogen) atoms. The van der Waals surface area contributed by atoms with Gasteiger partial charge in [-0.15, -0.1) is 0 Å². The molecule has 2 heterocycles. The summed E-state index contributed by atoms with van der Waals surface area (Å²) in [4.78, 5) is 11.3. The summed E-state index contributed by atoms with van der Waals surface area (Å²) in [6.07, 6.45) is 1.97. The number of nitrogens with zero attached hydrogens (tertiary/aromatic N) is 1. The molecule has 0 saturated heterocycles. The average Bonchev–Trinajstić information content (AvgIpc) is 2.07. The molecule has 62 valence electrons. The van der Waals surface area contributed by atoms with E-state index in [1.54, 1.807) is 10.6 Å². The summed E-state index contributed by atoms with van der Waals surface area (Å²) in [6.45, 7) is 4.60. The molecule has 1 aromatic rings. The molecule has 0 aliphatic carbocycles. The van der Waals surface area contributed by atoms with E-state index < -0.39 is 0 Å². The highest BCUT2D eigenvalue weighted by Crippen LogP contribution is 2.14. The van der Waals surface area contributed by atoms with Crippen LogP contribution in [0.2, 0.25) is 0 Å². The van der Waals surface area contributed by atoms with Gasteiger partial charge in [-0.25, -0.2) is 0 Å². The summed E-state index contributed by atoms with van der Waals surface area (Å²) >= 11 is 0. The minimum absolute atomic E-state index is 0.0911. The summed E-state index contributed by atoms with van der Waals surface area (Å²) < 4.78 is 1.80. The van der Waals surface area contributed by atoms with E-state index in [-0.39, 0.29) is 5.56 Å². The van der Waals surface area contributed by atoms with Crippen LogP contribution in [0.1, 0.15) is 12.1 Å². The molecule has 1 aliphatic rings. The number of fused-ring (bicyclic) bond motifs is 1. The van der Waals surface area contributed by atoms with E-state index in [0.717, 1.165) is 24.1 Å². The predicted octanol–water partition coefficient (Wildman–Crippen LogP) is 1.35. The Labute approximate surface area is 71.2 Å². The van der Waals surface area contributed by atoms with Crippen LogP contribution in [-0.4, -0.2) is 4.57 Å². The molecule has 1 aromatic heterocycles. The van der Waals surface area contributed by atoms with Gasteiger partial charge in [-0.2, -0.15) is 0 Å². The van der Waals surface area contributed by atoms with Crippen molar-refractivity contribution in [3.63, 3.8) is 0 Å². The number of rotatable bonds is 0. The second kappa shape index (κ2) is 2.63. The molecule has 0 bridgehead atoms. The smallest absolute Gasteiger partial charge is 0.251 e. The van der Waals surface area contributed by atoms with Crippen LogP contribution in [0.3, 0.4) is 0 Å². The van der Waals surface area contributed by atoms with Crippen LogP contribution in [0.25, 0.3) is 0 Å². The fourth-order valence-electron chi connectivity index (χ4n) is 1.57. The lowest BCUT2D eigenvalue weighted by molar-refractivity contribution is 0.616. The van der Waals surface area contributed by atoms with E-state index in [2.05, 4.69) is 6.58 Å². The number of hydrogen-bond acceptors (Lipinski definition) is 1. The van der Waals surface area contributed by atoms with Crippen LogP contribution in [0.4, 0.5) is 0 Å². The summed E-state index contributed by atoms with van der Waals surface area (Å²) in [5, 5.41) is 0. The van der Waals surface area contributed by atoms with E-state index in [0.29, 0.717) is 6.54 Å². The molecule has 0 unspecified atom stereocenters. The molecule has 0 aromatic carbocycles. The SMILES string of the molecule is C=C1CCc2cccc(=O)n2C1. The van der Waals surface area contributed by atoms with Crippen molar-refractivity contribution in [1.29, 1.82) is 0 Å². The van der Waals surface area contributed by atoms with Crippen molar-refractivity contribution in [2.45, 2.75) is 19.4 Å². The largest absolute Gasteiger partial charge is 0.309 e. The number of aryl methyl sites for hydroxylation is 1. The van der Waals surface area contributed by atoms with E-state index in [1.165, 1.54) is 0 Å². The highest BCUT2D eigenvalue weighted by Gasteiger charge is 2.10. The Morgan fingerprint density at radius 3 is 3.00 bits per heavy atom. The summed E-state index contributed by atoms with van der Waals surface area (Å²) in [5.74, 6) is 0. The van der Waals surface area contributed by atoms with Crippen LogP contribution < -0.4 is 5.56 Å². The van der Waals surface area contributed by atoms with Gasteiger partial charge in [0.25, 0.3) is 5.56 Å². The Balaban J connectivity index is 2.57. The van der Waals surface area contributed by atoms with Gasteiger partial charge in [0.1, 0.15) is 0 Å². The lowest BCUT2D eigenvalue weighted by Gasteiger charge is -2.19. The van der Waals surface area contributed by atoms with Crippen molar-refractivity contribution >= 4 is 0 Å². The van der Waals surface area contributed by atoms with Crippen molar-refractivity contribution in [3.05, 3.63) is 46.4 Å². The molecule has 0 atom stereocenters. The third-order valence-corrected chi connectivity index (χ3v) is 2.26. The van der Waals surface area contributed by atoms with Gasteiger partial charge in [-0.05, 0) is 18.9 Å². The van der Waals surface area contributed by atoms with Crippen LogP contribution in [-0.2, 0) is 13.0 Å². The molecule has 0 fully saturated rings. The number of allylic oxidation sites excluding steroid dienone is 1. The maximum absolute atomic E-state index is 11.3. The van der Waals surface area contributed by atoms with Crippen LogP contribution in [0.5, 0.6) is 0 Å². The third-order valence-electron chi connectivity index (χ3n) is 2.26. The second-order valence-corrected chi connectivity index (χ2v) is 3.19. The van der Waals surface area contributed by atoms with Gasteiger partial charge in [0.05, 0.1) is 0 Å². The van der Waals surface area contributed by atoms with Gasteiger partial charge in [0.15, 0.2) is 0 Å². The minimum atomic E-state index is 0.0911. The first-order valence-corrected chi connectivity index (χ1v) is 4.13. The van der Waals surface area contributed by atoms with Gasteiger partial charge in [-0.3, -0.25) is 4.79 Å². The molecule has 0 N–H and O–H groups in total. The zero-order valence-corrected chi connectivity index (χ0v) is 6.92. The van der Waals surface area contributed by atoms with Crippen LogP contribution >= 0.6 is 0 Å². The Hall–Kier alpha value is -1.31. The fraction of sp³-hybridized carbons (Fsp3) is 0.300. The van der Waals surface area contributed by atoms with Gasteiger partial charge >= 0.3 is 0 Å². The van der Waals surface area contributed by atoms with Crippen molar-refractivity contribution in [2.75, 3.05) is 0 Å². The topological polar surface area (TPSA) is 22.0 Å². The highest BCUT2D eigenvalue weighted by molar-refractivity contribution is 5.15. The molecule has 0 radical (unpaired) electrons. The zero-order valence-electron chi connectivity index (χ0n) is 6.92. The first kappa shape index (κ1) is 7.35. The monoisotopic (exact) mass is 161 g/mol. The molecule has 0 saturated carbocycles. The lowest BCUT2D eigenvalue weighted by atomic mass is 10.0. The molecular formula is C10H11NO. The number of pyridine rings is 1. The average molecular weight is 161 g/mol. The summed E-state index contributed by atoms with van der Waals surface area (Å²) in [5.41, 5.74) is 2.37. The van der Waals surface area contributed by atoms with Crippen LogP contribution in [0.15, 0.2) is 35.1 Å². The Morgan fingerprint density at radius 1 is 1.33 bits per heavy atom. The summed E-state index contributed by atoms with van der Waals surface area (Å²) in [7, 11) is 0. The Kier molecular flexibility index (Phi) is 1.61. The maximum atomic E-state index is 11.3.